The van der Waals surface area contributed by atoms with Gasteiger partial charge in [0.2, 0.25) is 5.91 Å². The van der Waals surface area contributed by atoms with E-state index in [1.165, 1.54) is 12.1 Å². The lowest BCUT2D eigenvalue weighted by Crippen LogP contribution is -2.52. The molecule has 0 aliphatic carbocycles. The highest BCUT2D eigenvalue weighted by atomic mass is 32.2. The molecule has 9 heteroatoms. The van der Waals surface area contributed by atoms with Gasteiger partial charge in [0, 0.05) is 37.1 Å². The number of carbonyl (C=O) groups is 1. The molecule has 2 saturated heterocycles. The van der Waals surface area contributed by atoms with E-state index in [9.17, 15) is 17.6 Å². The minimum absolute atomic E-state index is 0.0744. The molecule has 0 spiro atoms. The zero-order chi connectivity index (χ0) is 21.1. The number of amides is 1. The van der Waals surface area contributed by atoms with Crippen molar-refractivity contribution in [3.8, 4) is 0 Å². The van der Waals surface area contributed by atoms with Gasteiger partial charge in [0.25, 0.3) is 0 Å². The molecule has 2 fully saturated rings. The Balaban J connectivity index is 1.33. The monoisotopic (exact) mass is 451 g/mol. The van der Waals surface area contributed by atoms with Gasteiger partial charge in [0.1, 0.15) is 5.82 Å². The maximum absolute atomic E-state index is 13.3. The van der Waals surface area contributed by atoms with Crippen LogP contribution in [0, 0.1) is 5.82 Å². The molecule has 2 aromatic rings. The van der Waals surface area contributed by atoms with Gasteiger partial charge in [-0.05, 0) is 35.6 Å². The highest BCUT2D eigenvalue weighted by molar-refractivity contribution is 7.91. The smallest absolute Gasteiger partial charge is 0.234 e. The van der Waals surface area contributed by atoms with Crippen LogP contribution in [0.5, 0.6) is 0 Å². The number of rotatable bonds is 6. The van der Waals surface area contributed by atoms with Gasteiger partial charge in [-0.1, -0.05) is 18.2 Å². The van der Waals surface area contributed by atoms with Gasteiger partial charge in [-0.2, -0.15) is 0 Å². The molecule has 1 aromatic carbocycles. The molecule has 1 N–H and O–H groups in total. The van der Waals surface area contributed by atoms with Crippen LogP contribution in [0.1, 0.15) is 22.9 Å². The Morgan fingerprint density at radius 1 is 1.17 bits per heavy atom. The molecule has 0 saturated carbocycles. The number of carbonyl (C=O) groups excluding carboxylic acids is 1. The largest absolute Gasteiger partial charge is 0.343 e. The lowest BCUT2D eigenvalue weighted by atomic mass is 10.1. The summed E-state index contributed by atoms with van der Waals surface area (Å²) in [6.45, 7) is 3.33. The molecule has 2 atom stereocenters. The van der Waals surface area contributed by atoms with E-state index >= 15 is 0 Å². The van der Waals surface area contributed by atoms with Crippen LogP contribution >= 0.6 is 11.3 Å². The fourth-order valence-electron chi connectivity index (χ4n) is 4.19. The van der Waals surface area contributed by atoms with E-state index in [4.69, 9.17) is 0 Å². The predicted octanol–water partition coefficient (Wildman–Crippen LogP) is 1.90. The molecule has 4 rings (SSSR count). The second-order valence-corrected chi connectivity index (χ2v) is 11.1. The highest BCUT2D eigenvalue weighted by Gasteiger charge is 2.34. The summed E-state index contributed by atoms with van der Waals surface area (Å²) in [7, 11) is -2.88. The number of halogens is 1. The Morgan fingerprint density at radius 3 is 2.50 bits per heavy atom. The zero-order valence-electron chi connectivity index (χ0n) is 16.7. The van der Waals surface area contributed by atoms with Crippen molar-refractivity contribution in [1.29, 1.82) is 0 Å². The SMILES string of the molecule is O=C(CN1CCN([C@@H]2CCS(=O)(=O)C2)CC1)N[C@H](c1ccc(F)cc1)c1cccs1. The van der Waals surface area contributed by atoms with Gasteiger partial charge in [-0.25, -0.2) is 12.8 Å². The summed E-state index contributed by atoms with van der Waals surface area (Å²) in [6, 6.07) is 9.94. The third-order valence-electron chi connectivity index (χ3n) is 5.84. The second-order valence-electron chi connectivity index (χ2n) is 7.94. The Labute approximate surface area is 180 Å². The van der Waals surface area contributed by atoms with Crippen LogP contribution in [0.3, 0.4) is 0 Å². The first kappa shape index (κ1) is 21.4. The molecule has 1 amide bonds. The number of benzene rings is 1. The molecule has 6 nitrogen and oxygen atoms in total. The normalized spacial score (nSPS) is 23.3. The van der Waals surface area contributed by atoms with Crippen LogP contribution in [-0.4, -0.2) is 74.4 Å². The van der Waals surface area contributed by atoms with Crippen LogP contribution in [0.4, 0.5) is 4.39 Å². The van der Waals surface area contributed by atoms with Crippen molar-refractivity contribution in [2.24, 2.45) is 0 Å². The summed E-state index contributed by atoms with van der Waals surface area (Å²) in [5, 5.41) is 5.05. The van der Waals surface area contributed by atoms with Crippen LogP contribution in [-0.2, 0) is 14.6 Å². The minimum Gasteiger partial charge on any atom is -0.343 e. The summed E-state index contributed by atoms with van der Waals surface area (Å²) in [6.07, 6.45) is 0.711. The number of hydrogen-bond acceptors (Lipinski definition) is 6. The van der Waals surface area contributed by atoms with Gasteiger partial charge in [-0.15, -0.1) is 11.3 Å². The fourth-order valence-corrected chi connectivity index (χ4v) is 6.75. The Hall–Kier alpha value is -1.81. The third-order valence-corrected chi connectivity index (χ3v) is 8.52. The molecular weight excluding hydrogens is 425 g/mol. The standard InChI is InChI=1S/C21H26FN3O3S2/c22-17-5-3-16(4-6-17)21(19-2-1-12-29-19)23-20(26)14-24-8-10-25(11-9-24)18-7-13-30(27,28)15-18/h1-6,12,18,21H,7-11,13-15H2,(H,23,26)/t18-,21-/m1/s1. The molecule has 30 heavy (non-hydrogen) atoms. The molecule has 3 heterocycles. The van der Waals surface area contributed by atoms with E-state index in [0.717, 1.165) is 36.6 Å². The van der Waals surface area contributed by atoms with E-state index in [1.807, 2.05) is 17.5 Å². The number of piperazine rings is 1. The first-order valence-corrected chi connectivity index (χ1v) is 12.8. The topological polar surface area (TPSA) is 69.7 Å². The first-order valence-electron chi connectivity index (χ1n) is 10.1. The second kappa shape index (κ2) is 9.13. The summed E-state index contributed by atoms with van der Waals surface area (Å²) in [5.41, 5.74) is 0.847. The van der Waals surface area contributed by atoms with Crippen molar-refractivity contribution in [3.05, 3.63) is 58.0 Å². The van der Waals surface area contributed by atoms with Crippen LogP contribution in [0.25, 0.3) is 0 Å². The van der Waals surface area contributed by atoms with Crippen molar-refractivity contribution in [3.63, 3.8) is 0 Å². The van der Waals surface area contributed by atoms with E-state index in [-0.39, 0.29) is 35.3 Å². The molecular formula is C21H26FN3O3S2. The average molecular weight is 452 g/mol. The van der Waals surface area contributed by atoms with Crippen molar-refractivity contribution < 1.29 is 17.6 Å². The quantitative estimate of drug-likeness (QED) is 0.727. The van der Waals surface area contributed by atoms with Gasteiger partial charge in [0.15, 0.2) is 9.84 Å². The Bertz CT molecular complexity index is 956. The summed E-state index contributed by atoms with van der Waals surface area (Å²) < 4.78 is 36.8. The third kappa shape index (κ3) is 5.26. The van der Waals surface area contributed by atoms with E-state index in [0.29, 0.717) is 13.0 Å². The lowest BCUT2D eigenvalue weighted by Gasteiger charge is -2.37. The van der Waals surface area contributed by atoms with Gasteiger partial charge in [-0.3, -0.25) is 14.6 Å². The summed E-state index contributed by atoms with van der Waals surface area (Å²) in [4.78, 5) is 18.1. The average Bonchev–Trinajstić information content (AvgIpc) is 3.37. The van der Waals surface area contributed by atoms with Crippen LogP contribution < -0.4 is 5.32 Å². The molecule has 1 aromatic heterocycles. The van der Waals surface area contributed by atoms with Crippen molar-refractivity contribution in [2.45, 2.75) is 18.5 Å². The Kier molecular flexibility index (Phi) is 6.52. The van der Waals surface area contributed by atoms with Crippen LogP contribution in [0.2, 0.25) is 0 Å². The number of thiophene rings is 1. The van der Waals surface area contributed by atoms with E-state index in [1.54, 1.807) is 23.5 Å². The number of nitrogens with one attached hydrogen (secondary N) is 1. The first-order chi connectivity index (χ1) is 14.4. The summed E-state index contributed by atoms with van der Waals surface area (Å²) in [5.74, 6) is 0.166. The molecule has 0 unspecified atom stereocenters. The molecule has 0 bridgehead atoms. The van der Waals surface area contributed by atoms with E-state index < -0.39 is 9.84 Å². The number of sulfone groups is 1. The van der Waals surface area contributed by atoms with Gasteiger partial charge in [0.05, 0.1) is 24.1 Å². The number of nitrogens with zero attached hydrogens (tertiary/aromatic N) is 2. The number of hydrogen-bond donors (Lipinski definition) is 1. The maximum Gasteiger partial charge on any atom is 0.234 e. The molecule has 162 valence electrons. The van der Waals surface area contributed by atoms with Crippen molar-refractivity contribution in [1.82, 2.24) is 15.1 Å². The highest BCUT2D eigenvalue weighted by Crippen LogP contribution is 2.26. The lowest BCUT2D eigenvalue weighted by molar-refractivity contribution is -0.123. The Morgan fingerprint density at radius 2 is 1.90 bits per heavy atom. The predicted molar refractivity (Wildman–Crippen MR) is 116 cm³/mol. The van der Waals surface area contributed by atoms with Gasteiger partial charge < -0.3 is 5.32 Å². The maximum atomic E-state index is 13.3. The minimum atomic E-state index is -2.88. The summed E-state index contributed by atoms with van der Waals surface area (Å²) >= 11 is 1.55. The molecule has 0 radical (unpaired) electrons. The molecule has 2 aliphatic heterocycles. The molecule has 2 aliphatic rings. The van der Waals surface area contributed by atoms with Gasteiger partial charge >= 0.3 is 0 Å². The van der Waals surface area contributed by atoms with Crippen molar-refractivity contribution >= 4 is 27.1 Å². The van der Waals surface area contributed by atoms with Crippen LogP contribution in [0.15, 0.2) is 41.8 Å². The van der Waals surface area contributed by atoms with E-state index in [2.05, 4.69) is 15.1 Å². The fraction of sp³-hybridized carbons (Fsp3) is 0.476. The van der Waals surface area contributed by atoms with Crippen molar-refractivity contribution in [2.75, 3.05) is 44.2 Å². The zero-order valence-corrected chi connectivity index (χ0v) is 18.3.